The zero-order valence-electron chi connectivity index (χ0n) is 8.38. The number of halogens is 1. The molecular formula is C10H8FN3O2. The third-order valence-corrected chi connectivity index (χ3v) is 2.22. The molecule has 1 heterocycles. The molecule has 2 rings (SSSR count). The Bertz CT molecular complexity index is 551. The highest BCUT2D eigenvalue weighted by molar-refractivity contribution is 5.95. The van der Waals surface area contributed by atoms with Crippen molar-refractivity contribution in [2.45, 2.75) is 0 Å². The summed E-state index contributed by atoms with van der Waals surface area (Å²) < 4.78 is 14.8. The Kier molecular flexibility index (Phi) is 2.40. The van der Waals surface area contributed by atoms with Crippen molar-refractivity contribution < 1.29 is 14.3 Å². The number of rotatable bonds is 2. The highest BCUT2D eigenvalue weighted by Gasteiger charge is 2.18. The molecule has 0 radical (unpaired) electrons. The topological polar surface area (TPSA) is 68.0 Å². The van der Waals surface area contributed by atoms with Gasteiger partial charge in [-0.15, -0.1) is 5.10 Å². The van der Waals surface area contributed by atoms with Crippen molar-refractivity contribution in [3.8, 4) is 11.3 Å². The smallest absolute Gasteiger partial charge is 0.339 e. The van der Waals surface area contributed by atoms with E-state index in [9.17, 15) is 9.18 Å². The molecule has 82 valence electrons. The fourth-order valence-corrected chi connectivity index (χ4v) is 1.49. The van der Waals surface area contributed by atoms with Gasteiger partial charge in [0.05, 0.1) is 11.9 Å². The van der Waals surface area contributed by atoms with E-state index in [0.717, 1.165) is 6.07 Å². The molecular weight excluding hydrogens is 213 g/mol. The molecule has 1 N–H and O–H groups in total. The molecule has 0 spiro atoms. The SMILES string of the molecule is Cn1nncc1-c1cccc(F)c1C(=O)O. The van der Waals surface area contributed by atoms with Crippen LogP contribution in [0.5, 0.6) is 0 Å². The number of hydrogen-bond acceptors (Lipinski definition) is 3. The molecule has 1 aromatic carbocycles. The number of nitrogens with zero attached hydrogens (tertiary/aromatic N) is 3. The zero-order valence-corrected chi connectivity index (χ0v) is 8.38. The second kappa shape index (κ2) is 3.73. The summed E-state index contributed by atoms with van der Waals surface area (Å²) in [4.78, 5) is 11.0. The van der Waals surface area contributed by atoms with Crippen LogP contribution in [-0.4, -0.2) is 26.1 Å². The largest absolute Gasteiger partial charge is 0.478 e. The predicted molar refractivity (Wildman–Crippen MR) is 53.4 cm³/mol. The lowest BCUT2D eigenvalue weighted by Crippen LogP contribution is -2.05. The fraction of sp³-hybridized carbons (Fsp3) is 0.100. The minimum atomic E-state index is -1.31. The van der Waals surface area contributed by atoms with E-state index < -0.39 is 11.8 Å². The normalized spacial score (nSPS) is 10.4. The van der Waals surface area contributed by atoms with Crippen LogP contribution in [0.25, 0.3) is 11.3 Å². The lowest BCUT2D eigenvalue weighted by molar-refractivity contribution is 0.0693. The van der Waals surface area contributed by atoms with Crippen molar-refractivity contribution in [1.82, 2.24) is 15.0 Å². The van der Waals surface area contributed by atoms with Crippen LogP contribution in [0.2, 0.25) is 0 Å². The standard InChI is InChI=1S/C10H8FN3O2/c1-14-8(5-12-13-14)6-3-2-4-7(11)9(6)10(15)16/h2-5H,1H3,(H,15,16). The van der Waals surface area contributed by atoms with E-state index in [1.165, 1.54) is 23.0 Å². The van der Waals surface area contributed by atoms with E-state index in [1.807, 2.05) is 0 Å². The second-order valence-corrected chi connectivity index (χ2v) is 3.21. The first-order chi connectivity index (χ1) is 7.61. The number of aryl methyl sites for hydroxylation is 1. The maximum absolute atomic E-state index is 13.4. The van der Waals surface area contributed by atoms with Gasteiger partial charge in [-0.25, -0.2) is 13.9 Å². The molecule has 0 saturated heterocycles. The number of aromatic carboxylic acids is 1. The summed E-state index contributed by atoms with van der Waals surface area (Å²) >= 11 is 0. The molecule has 0 amide bonds. The third-order valence-electron chi connectivity index (χ3n) is 2.22. The minimum Gasteiger partial charge on any atom is -0.478 e. The van der Waals surface area contributed by atoms with Gasteiger partial charge in [-0.3, -0.25) is 0 Å². The van der Waals surface area contributed by atoms with Crippen LogP contribution in [0, 0.1) is 5.82 Å². The van der Waals surface area contributed by atoms with E-state index in [2.05, 4.69) is 10.3 Å². The van der Waals surface area contributed by atoms with Crippen LogP contribution >= 0.6 is 0 Å². The van der Waals surface area contributed by atoms with Crippen molar-refractivity contribution in [2.24, 2.45) is 7.05 Å². The number of aromatic nitrogens is 3. The van der Waals surface area contributed by atoms with Crippen LogP contribution in [-0.2, 0) is 7.05 Å². The molecule has 0 aliphatic carbocycles. The van der Waals surface area contributed by atoms with Crippen LogP contribution < -0.4 is 0 Å². The Hall–Kier alpha value is -2.24. The Morgan fingerprint density at radius 1 is 1.50 bits per heavy atom. The van der Waals surface area contributed by atoms with Gasteiger partial charge in [0.2, 0.25) is 0 Å². The maximum Gasteiger partial charge on any atom is 0.339 e. The van der Waals surface area contributed by atoms with Gasteiger partial charge in [-0.05, 0) is 6.07 Å². The molecule has 0 fully saturated rings. The van der Waals surface area contributed by atoms with Gasteiger partial charge in [-0.1, -0.05) is 17.3 Å². The Morgan fingerprint density at radius 3 is 2.81 bits per heavy atom. The fourth-order valence-electron chi connectivity index (χ4n) is 1.49. The summed E-state index contributed by atoms with van der Waals surface area (Å²) in [5.41, 5.74) is 0.352. The van der Waals surface area contributed by atoms with E-state index in [-0.39, 0.29) is 11.1 Å². The third kappa shape index (κ3) is 1.54. The Labute approximate surface area is 90.1 Å². The van der Waals surface area contributed by atoms with Crippen molar-refractivity contribution in [2.75, 3.05) is 0 Å². The van der Waals surface area contributed by atoms with Gasteiger partial charge in [0.25, 0.3) is 0 Å². The molecule has 0 atom stereocenters. The summed E-state index contributed by atoms with van der Waals surface area (Å²) in [6, 6.07) is 4.08. The van der Waals surface area contributed by atoms with Gasteiger partial charge < -0.3 is 5.11 Å². The van der Waals surface area contributed by atoms with Gasteiger partial charge in [0.15, 0.2) is 0 Å². The van der Waals surface area contributed by atoms with Gasteiger partial charge in [0.1, 0.15) is 11.4 Å². The molecule has 5 nitrogen and oxygen atoms in total. The van der Waals surface area contributed by atoms with Gasteiger partial charge in [0, 0.05) is 12.6 Å². The number of hydrogen-bond donors (Lipinski definition) is 1. The molecule has 0 aliphatic heterocycles. The lowest BCUT2D eigenvalue weighted by Gasteiger charge is -2.06. The second-order valence-electron chi connectivity index (χ2n) is 3.21. The summed E-state index contributed by atoms with van der Waals surface area (Å²) in [5.74, 6) is -2.08. The summed E-state index contributed by atoms with van der Waals surface area (Å²) in [5, 5.41) is 16.2. The molecule has 0 saturated carbocycles. The average Bonchev–Trinajstić information content (AvgIpc) is 2.63. The summed E-state index contributed by atoms with van der Waals surface area (Å²) in [6.07, 6.45) is 1.39. The van der Waals surface area contributed by atoms with Crippen molar-refractivity contribution in [1.29, 1.82) is 0 Å². The highest BCUT2D eigenvalue weighted by Crippen LogP contribution is 2.24. The Morgan fingerprint density at radius 2 is 2.25 bits per heavy atom. The monoisotopic (exact) mass is 221 g/mol. The van der Waals surface area contributed by atoms with Gasteiger partial charge in [-0.2, -0.15) is 0 Å². The average molecular weight is 221 g/mol. The highest BCUT2D eigenvalue weighted by atomic mass is 19.1. The first-order valence-electron chi connectivity index (χ1n) is 4.48. The number of carboxylic acid groups (broad SMARTS) is 1. The molecule has 0 bridgehead atoms. The number of carboxylic acids is 1. The van der Waals surface area contributed by atoms with Crippen molar-refractivity contribution in [3.63, 3.8) is 0 Å². The van der Waals surface area contributed by atoms with Crippen molar-refractivity contribution in [3.05, 3.63) is 35.8 Å². The predicted octanol–water partition coefficient (Wildman–Crippen LogP) is 1.32. The van der Waals surface area contributed by atoms with Crippen molar-refractivity contribution >= 4 is 5.97 Å². The molecule has 2 aromatic rings. The maximum atomic E-state index is 13.4. The molecule has 0 unspecified atom stereocenters. The van der Waals surface area contributed by atoms with E-state index in [0.29, 0.717) is 5.69 Å². The molecule has 16 heavy (non-hydrogen) atoms. The van der Waals surface area contributed by atoms with Gasteiger partial charge >= 0.3 is 5.97 Å². The molecule has 0 aliphatic rings. The van der Waals surface area contributed by atoms with E-state index in [1.54, 1.807) is 7.05 Å². The first-order valence-corrected chi connectivity index (χ1v) is 4.48. The number of benzene rings is 1. The van der Waals surface area contributed by atoms with Crippen LogP contribution in [0.15, 0.2) is 24.4 Å². The quantitative estimate of drug-likeness (QED) is 0.830. The summed E-state index contributed by atoms with van der Waals surface area (Å²) in [6.45, 7) is 0. The first kappa shape index (κ1) is 10.3. The van der Waals surface area contributed by atoms with Crippen LogP contribution in [0.1, 0.15) is 10.4 Å². The number of carbonyl (C=O) groups is 1. The summed E-state index contributed by atoms with van der Waals surface area (Å²) in [7, 11) is 1.61. The van der Waals surface area contributed by atoms with E-state index in [4.69, 9.17) is 5.11 Å². The molecule has 1 aromatic heterocycles. The van der Waals surface area contributed by atoms with Crippen LogP contribution in [0.3, 0.4) is 0 Å². The molecule has 6 heteroatoms. The zero-order chi connectivity index (χ0) is 11.7. The van der Waals surface area contributed by atoms with Crippen LogP contribution in [0.4, 0.5) is 4.39 Å². The Balaban J connectivity index is 2.70. The van der Waals surface area contributed by atoms with E-state index >= 15 is 0 Å². The lowest BCUT2D eigenvalue weighted by atomic mass is 10.0. The minimum absolute atomic E-state index is 0.264.